The summed E-state index contributed by atoms with van der Waals surface area (Å²) in [5, 5.41) is 7.58. The van der Waals surface area contributed by atoms with Crippen LogP contribution in [0.5, 0.6) is 0 Å². The first-order valence-electron chi connectivity index (χ1n) is 10.8. The van der Waals surface area contributed by atoms with Gasteiger partial charge in [-0.05, 0) is 51.0 Å². The van der Waals surface area contributed by atoms with Crippen molar-refractivity contribution in [2.24, 2.45) is 0 Å². The fourth-order valence-electron chi connectivity index (χ4n) is 3.54. The highest BCUT2D eigenvalue weighted by Gasteiger charge is 2.33. The molecular formula is C23H25ClN4O7S3. The SMILES string of the molecule is C=CC(Nc1onc(C)c1Cl)S(=O)(=O)c1cc(C)sc1C(=O)Nc1c(C)cc(C)cc1C(=O)NS(C)(=O)=O. The van der Waals surface area contributed by atoms with E-state index in [2.05, 4.69) is 22.4 Å². The van der Waals surface area contributed by atoms with Crippen molar-refractivity contribution >= 4 is 66.2 Å². The lowest BCUT2D eigenvalue weighted by atomic mass is 10.0. The van der Waals surface area contributed by atoms with Crippen molar-refractivity contribution in [2.45, 2.75) is 38.0 Å². The zero-order chi connectivity index (χ0) is 28.6. The van der Waals surface area contributed by atoms with Gasteiger partial charge in [0.25, 0.3) is 11.8 Å². The van der Waals surface area contributed by atoms with Gasteiger partial charge in [-0.15, -0.1) is 11.3 Å². The zero-order valence-corrected chi connectivity index (χ0v) is 24.2. The molecule has 15 heteroatoms. The molecule has 2 amide bonds. The number of amides is 2. The van der Waals surface area contributed by atoms with Crippen molar-refractivity contribution in [1.29, 1.82) is 0 Å². The number of aromatic nitrogens is 1. The molecule has 0 aliphatic heterocycles. The Balaban J connectivity index is 2.02. The number of anilines is 2. The highest BCUT2D eigenvalue weighted by molar-refractivity contribution is 7.92. The Bertz CT molecular complexity index is 1660. The predicted molar refractivity (Wildman–Crippen MR) is 146 cm³/mol. The van der Waals surface area contributed by atoms with Crippen molar-refractivity contribution < 1.29 is 30.9 Å². The molecule has 0 radical (unpaired) electrons. The Morgan fingerprint density at radius 3 is 2.32 bits per heavy atom. The minimum absolute atomic E-state index is 0.0402. The maximum atomic E-state index is 13.6. The molecule has 0 spiro atoms. The van der Waals surface area contributed by atoms with E-state index in [1.165, 1.54) is 12.1 Å². The molecule has 204 valence electrons. The normalized spacial score (nSPS) is 12.6. The van der Waals surface area contributed by atoms with Gasteiger partial charge in [0.05, 0.1) is 22.4 Å². The van der Waals surface area contributed by atoms with Crippen LogP contribution in [0.15, 0.2) is 40.3 Å². The van der Waals surface area contributed by atoms with Crippen molar-refractivity contribution in [3.8, 4) is 0 Å². The number of halogens is 1. The largest absolute Gasteiger partial charge is 0.337 e. The zero-order valence-electron chi connectivity index (χ0n) is 21.0. The maximum Gasteiger partial charge on any atom is 0.267 e. The monoisotopic (exact) mass is 600 g/mol. The second kappa shape index (κ2) is 10.9. The van der Waals surface area contributed by atoms with Gasteiger partial charge >= 0.3 is 0 Å². The lowest BCUT2D eigenvalue weighted by Crippen LogP contribution is -2.31. The number of sulfonamides is 1. The summed E-state index contributed by atoms with van der Waals surface area (Å²) in [5.41, 5.74) is 1.41. The first-order chi connectivity index (χ1) is 17.5. The average Bonchev–Trinajstić information content (AvgIpc) is 3.35. The molecule has 1 unspecified atom stereocenters. The van der Waals surface area contributed by atoms with Crippen LogP contribution in [0, 0.1) is 27.7 Å². The Hall–Kier alpha value is -3.20. The number of carbonyl (C=O) groups is 2. The smallest absolute Gasteiger partial charge is 0.267 e. The first-order valence-corrected chi connectivity index (χ1v) is 15.5. The Morgan fingerprint density at radius 2 is 1.76 bits per heavy atom. The van der Waals surface area contributed by atoms with Gasteiger partial charge in [0, 0.05) is 4.88 Å². The summed E-state index contributed by atoms with van der Waals surface area (Å²) in [4.78, 5) is 26.2. The second-order valence-electron chi connectivity index (χ2n) is 8.47. The van der Waals surface area contributed by atoms with Crippen molar-refractivity contribution in [2.75, 3.05) is 16.9 Å². The summed E-state index contributed by atoms with van der Waals surface area (Å²) in [6, 6.07) is 4.45. The molecule has 2 aromatic heterocycles. The maximum absolute atomic E-state index is 13.6. The molecule has 0 aliphatic carbocycles. The van der Waals surface area contributed by atoms with Gasteiger partial charge in [0.15, 0.2) is 5.37 Å². The fraction of sp³-hybridized carbons (Fsp3) is 0.261. The molecule has 11 nitrogen and oxygen atoms in total. The van der Waals surface area contributed by atoms with E-state index in [1.807, 2.05) is 4.72 Å². The molecule has 2 heterocycles. The van der Waals surface area contributed by atoms with E-state index in [9.17, 15) is 26.4 Å². The van der Waals surface area contributed by atoms with Crippen LogP contribution in [0.4, 0.5) is 11.6 Å². The third-order valence-electron chi connectivity index (χ3n) is 5.19. The highest BCUT2D eigenvalue weighted by Crippen LogP contribution is 2.33. The Labute approximate surface area is 229 Å². The Morgan fingerprint density at radius 1 is 1.11 bits per heavy atom. The van der Waals surface area contributed by atoms with Crippen LogP contribution < -0.4 is 15.4 Å². The van der Waals surface area contributed by atoms with Gasteiger partial charge in [0.2, 0.25) is 25.7 Å². The van der Waals surface area contributed by atoms with Crippen molar-refractivity contribution in [1.82, 2.24) is 9.88 Å². The number of hydrogen-bond donors (Lipinski definition) is 3. The van der Waals surface area contributed by atoms with E-state index < -0.39 is 37.0 Å². The number of thiophene rings is 1. The quantitative estimate of drug-likeness (QED) is 0.308. The number of aryl methyl sites for hydroxylation is 4. The number of hydrogen-bond acceptors (Lipinski definition) is 10. The van der Waals surface area contributed by atoms with Gasteiger partial charge in [-0.3, -0.25) is 9.59 Å². The number of benzene rings is 1. The van der Waals surface area contributed by atoms with Crippen LogP contribution in [0.2, 0.25) is 5.02 Å². The van der Waals surface area contributed by atoms with Crippen LogP contribution in [0.25, 0.3) is 0 Å². The summed E-state index contributed by atoms with van der Waals surface area (Å²) >= 11 is 7.04. The molecule has 38 heavy (non-hydrogen) atoms. The standard InChI is InChI=1S/C23H25ClN4O7S3/c1-7-17(25-23-18(24)14(5)27-35-23)38(33,34)16-10-13(4)36-20(16)22(30)26-19-12(3)8-11(2)9-15(19)21(29)28-37(6,31)32/h7-10,17,25H,1H2,2-6H3,(H,26,30)(H,28,29). The van der Waals surface area contributed by atoms with Gasteiger partial charge < -0.3 is 15.2 Å². The topological polar surface area (TPSA) is 165 Å². The lowest BCUT2D eigenvalue weighted by Gasteiger charge is -2.17. The number of nitrogens with zero attached hydrogens (tertiary/aromatic N) is 1. The number of sulfone groups is 1. The number of carbonyl (C=O) groups excluding carboxylic acids is 2. The van der Waals surface area contributed by atoms with E-state index in [4.69, 9.17) is 16.1 Å². The third kappa shape index (κ3) is 6.26. The van der Waals surface area contributed by atoms with Gasteiger partial charge in [0.1, 0.15) is 15.6 Å². The Kier molecular flexibility index (Phi) is 8.41. The van der Waals surface area contributed by atoms with Crippen LogP contribution in [0.3, 0.4) is 0 Å². The molecule has 1 aromatic carbocycles. The third-order valence-corrected chi connectivity index (χ3v) is 9.28. The fourth-order valence-corrected chi connectivity index (χ4v) is 6.95. The molecule has 3 aromatic rings. The summed E-state index contributed by atoms with van der Waals surface area (Å²) in [7, 11) is -8.14. The summed E-state index contributed by atoms with van der Waals surface area (Å²) in [5.74, 6) is -1.83. The van der Waals surface area contributed by atoms with E-state index in [1.54, 1.807) is 33.8 Å². The van der Waals surface area contributed by atoms with Crippen molar-refractivity contribution in [3.63, 3.8) is 0 Å². The molecule has 0 bridgehead atoms. The number of nitrogens with one attached hydrogen (secondary N) is 3. The average molecular weight is 601 g/mol. The molecule has 0 saturated heterocycles. The summed E-state index contributed by atoms with van der Waals surface area (Å²) in [6.45, 7) is 10.1. The summed E-state index contributed by atoms with van der Waals surface area (Å²) in [6.07, 6.45) is 1.95. The molecule has 3 rings (SSSR count). The lowest BCUT2D eigenvalue weighted by molar-refractivity contribution is 0.0982. The van der Waals surface area contributed by atoms with Crippen LogP contribution in [-0.2, 0) is 19.9 Å². The van der Waals surface area contributed by atoms with E-state index in [0.29, 0.717) is 21.7 Å². The molecule has 0 aliphatic rings. The minimum Gasteiger partial charge on any atom is -0.337 e. The predicted octanol–water partition coefficient (Wildman–Crippen LogP) is 3.96. The van der Waals surface area contributed by atoms with Gasteiger partial charge in [-0.2, -0.15) is 0 Å². The van der Waals surface area contributed by atoms with E-state index in [0.717, 1.165) is 23.7 Å². The molecule has 0 fully saturated rings. The van der Waals surface area contributed by atoms with E-state index in [-0.39, 0.29) is 31.9 Å². The van der Waals surface area contributed by atoms with E-state index >= 15 is 0 Å². The minimum atomic E-state index is -4.26. The van der Waals surface area contributed by atoms with Crippen LogP contribution in [-0.4, -0.2) is 45.4 Å². The molecule has 3 N–H and O–H groups in total. The number of rotatable bonds is 9. The summed E-state index contributed by atoms with van der Waals surface area (Å²) < 4.78 is 57.3. The van der Waals surface area contributed by atoms with Crippen LogP contribution in [0.1, 0.15) is 41.7 Å². The van der Waals surface area contributed by atoms with Crippen molar-refractivity contribution in [3.05, 3.63) is 68.0 Å². The second-order valence-corrected chi connectivity index (χ2v) is 13.9. The highest BCUT2D eigenvalue weighted by atomic mass is 35.5. The van der Waals surface area contributed by atoms with Gasteiger partial charge in [-0.25, -0.2) is 21.6 Å². The molecule has 0 saturated carbocycles. The van der Waals surface area contributed by atoms with Crippen LogP contribution >= 0.6 is 22.9 Å². The van der Waals surface area contributed by atoms with Gasteiger partial charge in [-0.1, -0.05) is 35.5 Å². The first kappa shape index (κ1) is 29.4. The molecular weight excluding hydrogens is 576 g/mol. The molecule has 1 atom stereocenters.